The van der Waals surface area contributed by atoms with E-state index in [2.05, 4.69) is 10.4 Å². The Morgan fingerprint density at radius 3 is 2.62 bits per heavy atom. The number of hydrogen-bond acceptors (Lipinski definition) is 5. The largest absolute Gasteiger partial charge is 0.433 e. The van der Waals surface area contributed by atoms with Crippen molar-refractivity contribution in [3.8, 4) is 5.69 Å². The zero-order valence-electron chi connectivity index (χ0n) is 14.0. The van der Waals surface area contributed by atoms with Crippen molar-refractivity contribution in [1.82, 2.24) is 15.1 Å². The summed E-state index contributed by atoms with van der Waals surface area (Å²) < 4.78 is 19.6. The highest BCUT2D eigenvalue weighted by molar-refractivity contribution is 5.92. The topological polar surface area (TPSA) is 103 Å². The van der Waals surface area contributed by atoms with Crippen LogP contribution in [0.3, 0.4) is 0 Å². The van der Waals surface area contributed by atoms with E-state index in [4.69, 9.17) is 4.42 Å². The Morgan fingerprint density at radius 2 is 2.00 bits per heavy atom. The number of aromatic nitrogens is 2. The van der Waals surface area contributed by atoms with Gasteiger partial charge in [-0.2, -0.15) is 5.10 Å². The molecule has 0 unspecified atom stereocenters. The van der Waals surface area contributed by atoms with E-state index in [1.807, 2.05) is 6.92 Å². The Balaban J connectivity index is 1.77. The van der Waals surface area contributed by atoms with Gasteiger partial charge in [0.05, 0.1) is 24.0 Å². The number of nitrogens with one attached hydrogen (secondary N) is 1. The van der Waals surface area contributed by atoms with Gasteiger partial charge in [0.15, 0.2) is 5.76 Å². The third-order valence-electron chi connectivity index (χ3n) is 3.93. The highest BCUT2D eigenvalue weighted by Crippen LogP contribution is 2.22. The summed E-state index contributed by atoms with van der Waals surface area (Å²) >= 11 is 0. The fraction of sp³-hybridized carbons (Fsp3) is 0.176. The molecule has 1 N–H and O–H groups in total. The summed E-state index contributed by atoms with van der Waals surface area (Å²) in [5, 5.41) is 17.6. The number of nitrogens with zero attached hydrogens (tertiary/aromatic N) is 3. The normalized spacial score (nSPS) is 12.0. The third-order valence-corrected chi connectivity index (χ3v) is 3.93. The van der Waals surface area contributed by atoms with E-state index in [0.717, 1.165) is 17.3 Å². The van der Waals surface area contributed by atoms with E-state index in [0.29, 0.717) is 5.69 Å². The summed E-state index contributed by atoms with van der Waals surface area (Å²) in [7, 11) is 0. The minimum atomic E-state index is -0.711. The first-order valence-electron chi connectivity index (χ1n) is 7.72. The molecule has 1 amide bonds. The summed E-state index contributed by atoms with van der Waals surface area (Å²) in [6, 6.07) is 7.83. The van der Waals surface area contributed by atoms with E-state index in [9.17, 15) is 19.3 Å². The first-order chi connectivity index (χ1) is 12.4. The van der Waals surface area contributed by atoms with Crippen LogP contribution in [0.5, 0.6) is 0 Å². The molecule has 2 aromatic heterocycles. The lowest BCUT2D eigenvalue weighted by Crippen LogP contribution is -2.26. The molecule has 9 heteroatoms. The van der Waals surface area contributed by atoms with E-state index in [1.165, 1.54) is 18.2 Å². The van der Waals surface area contributed by atoms with Crippen LogP contribution < -0.4 is 5.32 Å². The number of halogens is 1. The summed E-state index contributed by atoms with van der Waals surface area (Å²) in [6.45, 7) is 3.58. The Morgan fingerprint density at radius 1 is 1.31 bits per heavy atom. The lowest BCUT2D eigenvalue weighted by Gasteiger charge is -2.13. The van der Waals surface area contributed by atoms with Crippen molar-refractivity contribution in [2.24, 2.45) is 0 Å². The molecule has 0 fully saturated rings. The molecule has 0 aliphatic heterocycles. The van der Waals surface area contributed by atoms with Crippen LogP contribution in [0.1, 0.15) is 34.8 Å². The maximum absolute atomic E-state index is 13.1. The molecule has 2 heterocycles. The van der Waals surface area contributed by atoms with Crippen molar-refractivity contribution in [3.63, 3.8) is 0 Å². The van der Waals surface area contributed by atoms with Crippen LogP contribution >= 0.6 is 0 Å². The Labute approximate surface area is 147 Å². The zero-order chi connectivity index (χ0) is 18.8. The number of furan rings is 1. The quantitative estimate of drug-likeness (QED) is 0.557. The molecule has 3 aromatic rings. The van der Waals surface area contributed by atoms with E-state index < -0.39 is 22.8 Å². The van der Waals surface area contributed by atoms with Crippen molar-refractivity contribution in [2.75, 3.05) is 0 Å². The molecule has 0 aliphatic rings. The van der Waals surface area contributed by atoms with Gasteiger partial charge in [-0.1, -0.05) is 0 Å². The Kier molecular flexibility index (Phi) is 4.53. The second kappa shape index (κ2) is 6.79. The number of amides is 1. The minimum Gasteiger partial charge on any atom is -0.395 e. The van der Waals surface area contributed by atoms with Crippen molar-refractivity contribution in [3.05, 3.63) is 75.5 Å². The van der Waals surface area contributed by atoms with Crippen LogP contribution in [0.2, 0.25) is 0 Å². The van der Waals surface area contributed by atoms with Crippen LogP contribution in [-0.2, 0) is 0 Å². The number of rotatable bonds is 5. The Bertz CT molecular complexity index is 962. The van der Waals surface area contributed by atoms with Crippen molar-refractivity contribution < 1.29 is 18.5 Å². The first-order valence-corrected chi connectivity index (χ1v) is 7.72. The van der Waals surface area contributed by atoms with Crippen molar-refractivity contribution in [2.45, 2.75) is 19.9 Å². The minimum absolute atomic E-state index is 0.146. The highest BCUT2D eigenvalue weighted by atomic mass is 19.1. The van der Waals surface area contributed by atoms with Crippen LogP contribution in [0.4, 0.5) is 10.3 Å². The fourth-order valence-electron chi connectivity index (χ4n) is 2.58. The number of hydrogen-bond donors (Lipinski definition) is 1. The fourth-order valence-corrected chi connectivity index (χ4v) is 2.58. The van der Waals surface area contributed by atoms with Crippen LogP contribution in [0.15, 0.2) is 47.0 Å². The molecule has 0 aliphatic carbocycles. The molecule has 134 valence electrons. The smallest absolute Gasteiger partial charge is 0.395 e. The molecule has 1 atom stereocenters. The predicted octanol–water partition coefficient (Wildman–Crippen LogP) is 3.31. The summed E-state index contributed by atoms with van der Waals surface area (Å²) in [5.41, 5.74) is 2.22. The van der Waals surface area contributed by atoms with Gasteiger partial charge in [-0.05, 0) is 44.2 Å². The molecule has 3 rings (SSSR count). The predicted molar refractivity (Wildman–Crippen MR) is 89.5 cm³/mol. The van der Waals surface area contributed by atoms with Gasteiger partial charge < -0.3 is 9.73 Å². The highest BCUT2D eigenvalue weighted by Gasteiger charge is 2.21. The standard InChI is InChI=1S/C17H15FN4O4/c1-10(20-17(23)15-7-8-16(26-15)22(24)25)14-9-19-21(11(14)2)13-5-3-12(18)4-6-13/h3-10H,1-2H3,(H,20,23)/t10-/m1/s1. The average molecular weight is 358 g/mol. The van der Waals surface area contributed by atoms with Crippen molar-refractivity contribution >= 4 is 11.8 Å². The molecular weight excluding hydrogens is 343 g/mol. The van der Waals surface area contributed by atoms with Crippen LogP contribution in [-0.4, -0.2) is 20.6 Å². The maximum Gasteiger partial charge on any atom is 0.433 e. The Hall–Kier alpha value is -3.49. The summed E-state index contributed by atoms with van der Waals surface area (Å²) in [5.74, 6) is -1.55. The van der Waals surface area contributed by atoms with E-state index >= 15 is 0 Å². The molecule has 0 saturated heterocycles. The molecular formula is C17H15FN4O4. The number of carbonyl (C=O) groups excluding carboxylic acids is 1. The zero-order valence-corrected chi connectivity index (χ0v) is 14.0. The van der Waals surface area contributed by atoms with E-state index in [1.54, 1.807) is 29.9 Å². The second-order valence-corrected chi connectivity index (χ2v) is 5.66. The number of nitro groups is 1. The second-order valence-electron chi connectivity index (χ2n) is 5.66. The SMILES string of the molecule is Cc1c([C@@H](C)NC(=O)c2ccc([N+](=O)[O-])o2)cnn1-c1ccc(F)cc1. The van der Waals surface area contributed by atoms with Gasteiger partial charge in [0, 0.05) is 11.3 Å². The molecule has 0 radical (unpaired) electrons. The van der Waals surface area contributed by atoms with Crippen LogP contribution in [0, 0.1) is 22.9 Å². The molecule has 26 heavy (non-hydrogen) atoms. The first kappa shape index (κ1) is 17.3. The molecule has 8 nitrogen and oxygen atoms in total. The molecule has 0 saturated carbocycles. The van der Waals surface area contributed by atoms with Gasteiger partial charge in [-0.25, -0.2) is 9.07 Å². The van der Waals surface area contributed by atoms with E-state index in [-0.39, 0.29) is 11.6 Å². The van der Waals surface area contributed by atoms with Gasteiger partial charge in [-0.3, -0.25) is 14.9 Å². The number of benzene rings is 1. The van der Waals surface area contributed by atoms with Crippen molar-refractivity contribution in [1.29, 1.82) is 0 Å². The lowest BCUT2D eigenvalue weighted by atomic mass is 10.1. The summed E-state index contributed by atoms with van der Waals surface area (Å²) in [6.07, 6.45) is 1.61. The molecule has 0 spiro atoms. The number of carbonyl (C=O) groups is 1. The maximum atomic E-state index is 13.1. The van der Waals surface area contributed by atoms with Gasteiger partial charge in [0.2, 0.25) is 0 Å². The third kappa shape index (κ3) is 3.32. The molecule has 0 bridgehead atoms. The van der Waals surface area contributed by atoms with Gasteiger partial charge >= 0.3 is 5.88 Å². The summed E-state index contributed by atoms with van der Waals surface area (Å²) in [4.78, 5) is 22.1. The van der Waals surface area contributed by atoms with Crippen LogP contribution in [0.25, 0.3) is 5.69 Å². The van der Waals surface area contributed by atoms with Gasteiger partial charge in [0.25, 0.3) is 5.91 Å². The lowest BCUT2D eigenvalue weighted by molar-refractivity contribution is -0.402. The monoisotopic (exact) mass is 358 g/mol. The molecule has 1 aromatic carbocycles. The van der Waals surface area contributed by atoms with Gasteiger partial charge in [0.1, 0.15) is 10.7 Å². The van der Waals surface area contributed by atoms with Gasteiger partial charge in [-0.15, -0.1) is 0 Å². The average Bonchev–Trinajstić information content (AvgIpc) is 3.23.